The molecule has 0 spiro atoms. The molecule has 6 nitrogen and oxygen atoms in total. The van der Waals surface area contributed by atoms with Crippen LogP contribution in [0.4, 0.5) is 0 Å². The van der Waals surface area contributed by atoms with Gasteiger partial charge in [0.05, 0.1) is 11.8 Å². The summed E-state index contributed by atoms with van der Waals surface area (Å²) in [6.07, 6.45) is 8.99. The largest absolute Gasteiger partial charge is 0.350 e. The summed E-state index contributed by atoms with van der Waals surface area (Å²) in [7, 11) is 0. The van der Waals surface area contributed by atoms with Gasteiger partial charge in [-0.15, -0.1) is 0 Å². The van der Waals surface area contributed by atoms with Crippen LogP contribution in [0.15, 0.2) is 36.4 Å². The van der Waals surface area contributed by atoms with E-state index in [0.717, 1.165) is 17.0 Å². The lowest BCUT2D eigenvalue weighted by molar-refractivity contribution is -0.143. The number of hydrogen-bond donors (Lipinski definition) is 1. The Labute approximate surface area is 171 Å². The van der Waals surface area contributed by atoms with Gasteiger partial charge < -0.3 is 5.32 Å². The Hall–Kier alpha value is -2.47. The molecule has 3 aliphatic rings. The van der Waals surface area contributed by atoms with Crippen molar-refractivity contribution >= 4 is 17.7 Å². The van der Waals surface area contributed by atoms with Gasteiger partial charge in [-0.05, 0) is 49.9 Å². The van der Waals surface area contributed by atoms with Gasteiger partial charge in [0, 0.05) is 13.1 Å². The molecule has 0 radical (unpaired) electrons. The highest BCUT2D eigenvalue weighted by Gasteiger charge is 2.47. The molecule has 2 heterocycles. The second-order valence-corrected chi connectivity index (χ2v) is 8.35. The maximum Gasteiger partial charge on any atom is 0.240 e. The molecule has 6 heteroatoms. The van der Waals surface area contributed by atoms with Crippen LogP contribution in [0, 0.1) is 11.8 Å². The predicted molar refractivity (Wildman–Crippen MR) is 109 cm³/mol. The summed E-state index contributed by atoms with van der Waals surface area (Å²) in [5.41, 5.74) is 2.30. The van der Waals surface area contributed by atoms with E-state index < -0.39 is 0 Å². The first kappa shape index (κ1) is 19.8. The zero-order valence-electron chi connectivity index (χ0n) is 16.8. The average Bonchev–Trinajstić information content (AvgIpc) is 2.99. The van der Waals surface area contributed by atoms with Crippen molar-refractivity contribution in [3.8, 4) is 0 Å². The van der Waals surface area contributed by atoms with Crippen molar-refractivity contribution in [2.45, 2.75) is 45.2 Å². The van der Waals surface area contributed by atoms with Crippen molar-refractivity contribution in [2.75, 3.05) is 19.6 Å². The predicted octanol–water partition coefficient (Wildman–Crippen LogP) is 2.24. The van der Waals surface area contributed by atoms with E-state index in [4.69, 9.17) is 0 Å². The molecule has 3 amide bonds. The lowest BCUT2D eigenvalue weighted by Gasteiger charge is -2.26. The molecule has 1 aliphatic carbocycles. The lowest BCUT2D eigenvalue weighted by Crippen LogP contribution is -2.40. The Bertz CT molecular complexity index is 770. The lowest BCUT2D eigenvalue weighted by atomic mass is 9.85. The summed E-state index contributed by atoms with van der Waals surface area (Å²) in [5, 5.41) is 2.84. The third-order valence-electron chi connectivity index (χ3n) is 6.27. The molecule has 1 N–H and O–H groups in total. The highest BCUT2D eigenvalue weighted by atomic mass is 16.2. The standard InChI is InChI=1S/C23H29N3O3/c27-21(16-26-22(28)19-6-2-3-7-20(19)23(26)29)24-14-17-8-10-18(11-9-17)15-25-12-4-1-5-13-25/h2-3,8-11,19-20H,1,4-7,12-16H2,(H,24,27). The maximum absolute atomic E-state index is 12.4. The highest BCUT2D eigenvalue weighted by Crippen LogP contribution is 2.34. The monoisotopic (exact) mass is 395 g/mol. The summed E-state index contributed by atoms with van der Waals surface area (Å²) in [6.45, 7) is 3.53. The number of benzene rings is 1. The molecule has 2 fully saturated rings. The van der Waals surface area contributed by atoms with E-state index in [2.05, 4.69) is 22.3 Å². The Morgan fingerprint density at radius 2 is 1.48 bits per heavy atom. The SMILES string of the molecule is O=C(CN1C(=O)C2CC=CCC2C1=O)NCc1ccc(CN2CCCCC2)cc1. The zero-order valence-corrected chi connectivity index (χ0v) is 16.8. The second-order valence-electron chi connectivity index (χ2n) is 8.35. The zero-order chi connectivity index (χ0) is 20.2. The molecule has 0 aromatic heterocycles. The van der Waals surface area contributed by atoms with Gasteiger partial charge in [0.1, 0.15) is 6.54 Å². The van der Waals surface area contributed by atoms with Crippen LogP contribution in [0.1, 0.15) is 43.2 Å². The van der Waals surface area contributed by atoms with E-state index in [1.54, 1.807) is 0 Å². The highest BCUT2D eigenvalue weighted by molar-refractivity contribution is 6.07. The number of rotatable bonds is 6. The van der Waals surface area contributed by atoms with E-state index in [1.165, 1.54) is 37.9 Å². The molecule has 1 aromatic rings. The van der Waals surface area contributed by atoms with Crippen molar-refractivity contribution in [3.63, 3.8) is 0 Å². The summed E-state index contributed by atoms with van der Waals surface area (Å²) in [6, 6.07) is 8.29. The molecule has 2 saturated heterocycles. The molecule has 1 aromatic carbocycles. The van der Waals surface area contributed by atoms with Gasteiger partial charge >= 0.3 is 0 Å². The summed E-state index contributed by atoms with van der Waals surface area (Å²) < 4.78 is 0. The quantitative estimate of drug-likeness (QED) is 0.592. The average molecular weight is 396 g/mol. The third kappa shape index (κ3) is 4.58. The number of fused-ring (bicyclic) bond motifs is 1. The number of piperidine rings is 1. The van der Waals surface area contributed by atoms with Crippen molar-refractivity contribution < 1.29 is 14.4 Å². The van der Waals surface area contributed by atoms with Crippen LogP contribution in [0.2, 0.25) is 0 Å². The van der Waals surface area contributed by atoms with Gasteiger partial charge in [0.15, 0.2) is 0 Å². The number of carbonyl (C=O) groups excluding carboxylic acids is 3. The molecule has 154 valence electrons. The fraction of sp³-hybridized carbons (Fsp3) is 0.522. The minimum Gasteiger partial charge on any atom is -0.350 e. The molecule has 2 unspecified atom stereocenters. The van der Waals surface area contributed by atoms with Gasteiger partial charge in [0.25, 0.3) is 0 Å². The smallest absolute Gasteiger partial charge is 0.240 e. The number of imide groups is 1. The van der Waals surface area contributed by atoms with E-state index in [1.807, 2.05) is 24.3 Å². The molecule has 0 bridgehead atoms. The van der Waals surface area contributed by atoms with Crippen LogP contribution in [0.5, 0.6) is 0 Å². The van der Waals surface area contributed by atoms with Gasteiger partial charge in [-0.2, -0.15) is 0 Å². The first-order valence-electron chi connectivity index (χ1n) is 10.7. The van der Waals surface area contributed by atoms with Crippen LogP contribution < -0.4 is 5.32 Å². The molecule has 29 heavy (non-hydrogen) atoms. The Balaban J connectivity index is 1.25. The van der Waals surface area contributed by atoms with E-state index in [-0.39, 0.29) is 36.1 Å². The summed E-state index contributed by atoms with van der Waals surface area (Å²) in [5.74, 6) is -1.28. The van der Waals surface area contributed by atoms with E-state index >= 15 is 0 Å². The first-order chi connectivity index (χ1) is 14.1. The summed E-state index contributed by atoms with van der Waals surface area (Å²) in [4.78, 5) is 40.8. The maximum atomic E-state index is 12.4. The second kappa shape index (κ2) is 8.91. The molecule has 2 aliphatic heterocycles. The number of likely N-dealkylation sites (tertiary alicyclic amines) is 2. The van der Waals surface area contributed by atoms with Crippen molar-refractivity contribution in [1.29, 1.82) is 0 Å². The molecule has 0 saturated carbocycles. The van der Waals surface area contributed by atoms with Gasteiger partial charge in [-0.1, -0.05) is 42.8 Å². The van der Waals surface area contributed by atoms with Gasteiger partial charge in [-0.25, -0.2) is 0 Å². The van der Waals surface area contributed by atoms with Crippen molar-refractivity contribution in [1.82, 2.24) is 15.1 Å². The van der Waals surface area contributed by atoms with E-state index in [0.29, 0.717) is 19.4 Å². The van der Waals surface area contributed by atoms with Gasteiger partial charge in [0.2, 0.25) is 17.7 Å². The number of carbonyl (C=O) groups is 3. The molecular formula is C23H29N3O3. The Morgan fingerprint density at radius 3 is 2.10 bits per heavy atom. The fourth-order valence-electron chi connectivity index (χ4n) is 4.56. The van der Waals surface area contributed by atoms with Gasteiger partial charge in [-0.3, -0.25) is 24.2 Å². The van der Waals surface area contributed by atoms with Crippen LogP contribution in [0.3, 0.4) is 0 Å². The van der Waals surface area contributed by atoms with Crippen LogP contribution in [-0.2, 0) is 27.5 Å². The van der Waals surface area contributed by atoms with Crippen LogP contribution >= 0.6 is 0 Å². The van der Waals surface area contributed by atoms with Crippen LogP contribution in [-0.4, -0.2) is 47.2 Å². The molecular weight excluding hydrogens is 366 g/mol. The number of nitrogens with one attached hydrogen (secondary N) is 1. The number of hydrogen-bond acceptors (Lipinski definition) is 4. The number of amides is 3. The fourth-order valence-corrected chi connectivity index (χ4v) is 4.56. The molecule has 4 rings (SSSR count). The normalized spacial score (nSPS) is 24.6. The van der Waals surface area contributed by atoms with Crippen molar-refractivity contribution in [2.24, 2.45) is 11.8 Å². The summed E-state index contributed by atoms with van der Waals surface area (Å²) >= 11 is 0. The van der Waals surface area contributed by atoms with E-state index in [9.17, 15) is 14.4 Å². The number of nitrogens with zero attached hydrogens (tertiary/aromatic N) is 2. The third-order valence-corrected chi connectivity index (χ3v) is 6.27. The van der Waals surface area contributed by atoms with Crippen molar-refractivity contribution in [3.05, 3.63) is 47.5 Å². The van der Waals surface area contributed by atoms with Crippen LogP contribution in [0.25, 0.3) is 0 Å². The topological polar surface area (TPSA) is 69.7 Å². The minimum absolute atomic E-state index is 0.183. The number of allylic oxidation sites excluding steroid dienone is 2. The Kier molecular flexibility index (Phi) is 6.09. The molecule has 2 atom stereocenters. The first-order valence-corrected chi connectivity index (χ1v) is 10.7. The minimum atomic E-state index is -0.296. The Morgan fingerprint density at radius 1 is 0.897 bits per heavy atom.